The third kappa shape index (κ3) is 5.14. The Kier molecular flexibility index (Phi) is 6.88. The van der Waals surface area contributed by atoms with Gasteiger partial charge in [-0.15, -0.1) is 0 Å². The van der Waals surface area contributed by atoms with Crippen molar-refractivity contribution in [3.05, 3.63) is 95.3 Å². The van der Waals surface area contributed by atoms with Crippen molar-refractivity contribution in [2.75, 3.05) is 20.8 Å². The average Bonchev–Trinajstić information content (AvgIpc) is 3.32. The molecule has 3 aromatic rings. The molecule has 1 aliphatic rings. The maximum absolute atomic E-state index is 14.2. The normalized spacial score (nSPS) is 14.9. The number of hydrogen-bond donors (Lipinski definition) is 0. The van der Waals surface area contributed by atoms with Crippen LogP contribution in [0.25, 0.3) is 0 Å². The molecule has 170 valence electrons. The summed E-state index contributed by atoms with van der Waals surface area (Å²) in [4.78, 5) is 20.9. The molecule has 1 aliphatic heterocycles. The summed E-state index contributed by atoms with van der Waals surface area (Å²) < 4.78 is 24.9. The number of benzene rings is 3. The Labute approximate surface area is 192 Å². The van der Waals surface area contributed by atoms with Crippen LogP contribution in [0.1, 0.15) is 27.9 Å². The fourth-order valence-electron chi connectivity index (χ4n) is 3.80. The number of carbonyl (C=O) groups excluding carboxylic acids is 1. The first-order valence-electron chi connectivity index (χ1n) is 10.6. The van der Waals surface area contributed by atoms with E-state index < -0.39 is 6.10 Å². The third-order valence-corrected chi connectivity index (χ3v) is 5.48. The molecule has 0 bridgehead atoms. The van der Waals surface area contributed by atoms with Gasteiger partial charge in [0.15, 0.2) is 6.10 Å². The second-order valence-corrected chi connectivity index (χ2v) is 7.69. The molecule has 33 heavy (non-hydrogen) atoms. The largest absolute Gasteiger partial charge is 0.497 e. The van der Waals surface area contributed by atoms with Gasteiger partial charge in [0.05, 0.1) is 32.0 Å². The quantitative estimate of drug-likeness (QED) is 0.502. The summed E-state index contributed by atoms with van der Waals surface area (Å²) >= 11 is 0. The molecule has 7 heteroatoms. The number of nitrogens with zero attached hydrogens (tertiary/aromatic N) is 2. The second-order valence-electron chi connectivity index (χ2n) is 7.69. The number of carbonyl (C=O) groups is 1. The molecule has 1 heterocycles. The number of amides is 1. The fourth-order valence-corrected chi connectivity index (χ4v) is 3.80. The van der Waals surface area contributed by atoms with E-state index in [0.29, 0.717) is 41.3 Å². The van der Waals surface area contributed by atoms with Crippen LogP contribution in [0.4, 0.5) is 4.39 Å². The maximum Gasteiger partial charge on any atom is 0.258 e. The van der Waals surface area contributed by atoms with Gasteiger partial charge in [-0.1, -0.05) is 53.7 Å². The molecule has 1 atom stereocenters. The highest BCUT2D eigenvalue weighted by atomic mass is 19.1. The molecule has 4 rings (SSSR count). The SMILES string of the molecule is COc1ccc(C(=O)N(Cc2ccccc2)CC2CC(c3ccccc3F)=NO2)c(OC)c1. The molecule has 1 amide bonds. The lowest BCUT2D eigenvalue weighted by molar-refractivity contribution is 0.0403. The summed E-state index contributed by atoms with van der Waals surface area (Å²) in [6.45, 7) is 0.661. The average molecular weight is 448 g/mol. The van der Waals surface area contributed by atoms with Gasteiger partial charge in [-0.05, 0) is 23.8 Å². The van der Waals surface area contributed by atoms with Crippen LogP contribution < -0.4 is 9.47 Å². The molecule has 0 saturated carbocycles. The second kappa shape index (κ2) is 10.2. The Morgan fingerprint density at radius 2 is 1.82 bits per heavy atom. The first kappa shape index (κ1) is 22.3. The summed E-state index contributed by atoms with van der Waals surface area (Å²) in [6.07, 6.45) is 0.00992. The smallest absolute Gasteiger partial charge is 0.258 e. The van der Waals surface area contributed by atoms with E-state index >= 15 is 0 Å². The minimum atomic E-state index is -0.392. The minimum absolute atomic E-state index is 0.207. The molecule has 0 fully saturated rings. The van der Waals surface area contributed by atoms with Crippen molar-refractivity contribution in [2.45, 2.75) is 19.1 Å². The predicted octanol–water partition coefficient (Wildman–Crippen LogP) is 4.68. The molecule has 0 aliphatic carbocycles. The van der Waals surface area contributed by atoms with Crippen LogP contribution in [0.5, 0.6) is 11.5 Å². The van der Waals surface area contributed by atoms with Gasteiger partial charge in [0.1, 0.15) is 17.3 Å². The molecule has 0 aromatic heterocycles. The zero-order chi connectivity index (χ0) is 23.2. The number of methoxy groups -OCH3 is 2. The van der Waals surface area contributed by atoms with E-state index in [-0.39, 0.29) is 18.3 Å². The Balaban J connectivity index is 1.56. The van der Waals surface area contributed by atoms with Gasteiger partial charge in [-0.25, -0.2) is 4.39 Å². The molecular weight excluding hydrogens is 423 g/mol. The Morgan fingerprint density at radius 1 is 1.06 bits per heavy atom. The van der Waals surface area contributed by atoms with Crippen LogP contribution in [-0.2, 0) is 11.4 Å². The number of rotatable bonds is 8. The Bertz CT molecular complexity index is 1150. The van der Waals surface area contributed by atoms with Crippen LogP contribution in [0.3, 0.4) is 0 Å². The monoisotopic (exact) mass is 448 g/mol. The van der Waals surface area contributed by atoms with Crippen molar-refractivity contribution in [3.63, 3.8) is 0 Å². The zero-order valence-corrected chi connectivity index (χ0v) is 18.5. The molecule has 0 N–H and O–H groups in total. The van der Waals surface area contributed by atoms with Crippen LogP contribution in [-0.4, -0.2) is 43.4 Å². The Hall–Kier alpha value is -3.87. The zero-order valence-electron chi connectivity index (χ0n) is 18.5. The van der Waals surface area contributed by atoms with Crippen molar-refractivity contribution in [1.29, 1.82) is 0 Å². The van der Waals surface area contributed by atoms with E-state index in [2.05, 4.69) is 5.16 Å². The van der Waals surface area contributed by atoms with Crippen molar-refractivity contribution in [2.24, 2.45) is 5.16 Å². The number of oxime groups is 1. The summed E-state index contributed by atoms with van der Waals surface area (Å²) in [5, 5.41) is 4.09. The van der Waals surface area contributed by atoms with Crippen LogP contribution in [0.2, 0.25) is 0 Å². The highest BCUT2D eigenvalue weighted by Crippen LogP contribution is 2.27. The molecule has 1 unspecified atom stereocenters. The molecular formula is C26H25FN2O4. The molecule has 0 spiro atoms. The van der Waals surface area contributed by atoms with Gasteiger partial charge in [-0.3, -0.25) is 4.79 Å². The molecule has 0 saturated heterocycles. The summed E-state index contributed by atoms with van der Waals surface area (Å²) in [5.74, 6) is 0.468. The van der Waals surface area contributed by atoms with Crippen molar-refractivity contribution in [3.8, 4) is 11.5 Å². The van der Waals surface area contributed by atoms with Gasteiger partial charge >= 0.3 is 0 Å². The summed E-state index contributed by atoms with van der Waals surface area (Å²) in [5.41, 5.74) is 2.35. The van der Waals surface area contributed by atoms with E-state index in [0.717, 1.165) is 5.56 Å². The van der Waals surface area contributed by atoms with Gasteiger partial charge in [-0.2, -0.15) is 0 Å². The van der Waals surface area contributed by atoms with Gasteiger partial charge < -0.3 is 19.2 Å². The first-order valence-corrected chi connectivity index (χ1v) is 10.6. The lowest BCUT2D eigenvalue weighted by atomic mass is 10.0. The summed E-state index contributed by atoms with van der Waals surface area (Å²) in [7, 11) is 3.07. The van der Waals surface area contributed by atoms with E-state index in [4.69, 9.17) is 14.3 Å². The summed E-state index contributed by atoms with van der Waals surface area (Å²) in [6, 6.07) is 21.3. The third-order valence-electron chi connectivity index (χ3n) is 5.48. The molecule has 0 radical (unpaired) electrons. The van der Waals surface area contributed by atoms with E-state index in [1.54, 1.807) is 48.4 Å². The fraction of sp³-hybridized carbons (Fsp3) is 0.231. The van der Waals surface area contributed by atoms with Crippen LogP contribution >= 0.6 is 0 Å². The van der Waals surface area contributed by atoms with Crippen molar-refractivity contribution < 1.29 is 23.5 Å². The number of hydrogen-bond acceptors (Lipinski definition) is 5. The minimum Gasteiger partial charge on any atom is -0.497 e. The Morgan fingerprint density at radius 3 is 2.55 bits per heavy atom. The van der Waals surface area contributed by atoms with E-state index in [9.17, 15) is 9.18 Å². The van der Waals surface area contributed by atoms with E-state index in [1.165, 1.54) is 13.2 Å². The van der Waals surface area contributed by atoms with E-state index in [1.807, 2.05) is 30.3 Å². The number of ether oxygens (including phenoxy) is 2. The topological polar surface area (TPSA) is 60.4 Å². The molecule has 6 nitrogen and oxygen atoms in total. The van der Waals surface area contributed by atoms with Gasteiger partial charge in [0.25, 0.3) is 5.91 Å². The van der Waals surface area contributed by atoms with Crippen molar-refractivity contribution >= 4 is 11.6 Å². The van der Waals surface area contributed by atoms with Crippen LogP contribution in [0.15, 0.2) is 78.0 Å². The highest BCUT2D eigenvalue weighted by Gasteiger charge is 2.29. The standard InChI is InChI=1S/C26H25FN2O4/c1-31-19-12-13-22(25(15-19)32-2)26(30)29(16-18-8-4-3-5-9-18)17-20-14-24(28-33-20)21-10-6-7-11-23(21)27/h3-13,15,20H,14,16-17H2,1-2H3. The predicted molar refractivity (Wildman–Crippen MR) is 123 cm³/mol. The molecule has 3 aromatic carbocycles. The first-order chi connectivity index (χ1) is 16.1. The van der Waals surface area contributed by atoms with Crippen molar-refractivity contribution in [1.82, 2.24) is 4.90 Å². The maximum atomic E-state index is 14.2. The lowest BCUT2D eigenvalue weighted by Gasteiger charge is -2.26. The van der Waals surface area contributed by atoms with Gasteiger partial charge in [0.2, 0.25) is 0 Å². The van der Waals surface area contributed by atoms with Gasteiger partial charge in [0, 0.05) is 24.6 Å². The van der Waals surface area contributed by atoms with Crippen LogP contribution in [0, 0.1) is 5.82 Å². The highest BCUT2D eigenvalue weighted by molar-refractivity contribution is 6.01. The lowest BCUT2D eigenvalue weighted by Crippen LogP contribution is -2.37. The number of halogens is 1.